The van der Waals surface area contributed by atoms with Crippen LogP contribution in [0, 0.1) is 0 Å². The minimum Gasteiger partial charge on any atom is -0.318 e. The van der Waals surface area contributed by atoms with Gasteiger partial charge in [-0.05, 0) is 42.0 Å². The van der Waals surface area contributed by atoms with E-state index in [1.54, 1.807) is 18.6 Å². The highest BCUT2D eigenvalue weighted by atomic mass is 16.2. The standard InChI is InChI=1S/C21H26N4O/c1-15-13-16(19-14-22-10-11-23-19)9-12-25(15)20(26)24-18-7-5-17(6-8-18)21(2,3)4/h5-11,14-15H,12-13H2,1-4H3,(H,24,26)/t15-/m0/s1. The minimum atomic E-state index is -0.0737. The van der Waals surface area contributed by atoms with Crippen molar-refractivity contribution in [3.05, 3.63) is 60.2 Å². The van der Waals surface area contributed by atoms with Crippen LogP contribution in [0.3, 0.4) is 0 Å². The highest BCUT2D eigenvalue weighted by molar-refractivity contribution is 5.90. The number of rotatable bonds is 2. The Labute approximate surface area is 155 Å². The summed E-state index contributed by atoms with van der Waals surface area (Å²) in [5, 5.41) is 3.01. The van der Waals surface area contributed by atoms with E-state index in [1.807, 2.05) is 17.0 Å². The van der Waals surface area contributed by atoms with Crippen LogP contribution in [-0.2, 0) is 5.41 Å². The van der Waals surface area contributed by atoms with Crippen molar-refractivity contribution in [3.63, 3.8) is 0 Å². The van der Waals surface area contributed by atoms with Crippen LogP contribution >= 0.6 is 0 Å². The largest absolute Gasteiger partial charge is 0.322 e. The van der Waals surface area contributed by atoms with Crippen molar-refractivity contribution in [2.24, 2.45) is 0 Å². The van der Waals surface area contributed by atoms with Crippen LogP contribution in [0.4, 0.5) is 10.5 Å². The molecule has 0 aliphatic carbocycles. The van der Waals surface area contributed by atoms with Crippen molar-refractivity contribution in [1.82, 2.24) is 14.9 Å². The molecule has 1 aromatic heterocycles. The molecule has 2 amide bonds. The average molecular weight is 350 g/mol. The molecule has 1 aliphatic rings. The van der Waals surface area contributed by atoms with Gasteiger partial charge in [0.25, 0.3) is 0 Å². The summed E-state index contributed by atoms with van der Waals surface area (Å²) in [5.41, 5.74) is 4.20. The molecular formula is C21H26N4O. The zero-order chi connectivity index (χ0) is 18.7. The molecule has 0 fully saturated rings. The Kier molecular flexibility index (Phi) is 5.07. The summed E-state index contributed by atoms with van der Waals surface area (Å²) in [4.78, 5) is 23.0. The van der Waals surface area contributed by atoms with Gasteiger partial charge in [0.15, 0.2) is 0 Å². The first-order valence-corrected chi connectivity index (χ1v) is 8.98. The first-order valence-electron chi connectivity index (χ1n) is 8.98. The van der Waals surface area contributed by atoms with Crippen molar-refractivity contribution in [1.29, 1.82) is 0 Å². The molecule has 1 aliphatic heterocycles. The van der Waals surface area contributed by atoms with Gasteiger partial charge < -0.3 is 10.2 Å². The second kappa shape index (κ2) is 7.28. The van der Waals surface area contributed by atoms with E-state index < -0.39 is 0 Å². The summed E-state index contributed by atoms with van der Waals surface area (Å²) in [6, 6.07) is 8.10. The van der Waals surface area contributed by atoms with Crippen molar-refractivity contribution >= 4 is 17.3 Å². The number of carbonyl (C=O) groups excluding carboxylic acids is 1. The minimum absolute atomic E-state index is 0.0737. The first-order chi connectivity index (χ1) is 12.3. The molecular weight excluding hydrogens is 324 g/mol. The summed E-state index contributed by atoms with van der Waals surface area (Å²) in [6.45, 7) is 9.16. The average Bonchev–Trinajstić information content (AvgIpc) is 2.62. The Balaban J connectivity index is 1.66. The van der Waals surface area contributed by atoms with Crippen LogP contribution in [0.2, 0.25) is 0 Å². The molecule has 1 aromatic carbocycles. The van der Waals surface area contributed by atoms with Crippen molar-refractivity contribution in [2.75, 3.05) is 11.9 Å². The number of urea groups is 1. The van der Waals surface area contributed by atoms with Crippen molar-refractivity contribution in [3.8, 4) is 0 Å². The van der Waals surface area contributed by atoms with E-state index in [0.717, 1.165) is 23.4 Å². The van der Waals surface area contributed by atoms with Gasteiger partial charge in [0, 0.05) is 30.7 Å². The maximum atomic E-state index is 12.7. The smallest absolute Gasteiger partial charge is 0.318 e. The number of anilines is 1. The van der Waals surface area contributed by atoms with Gasteiger partial charge in [0.1, 0.15) is 0 Å². The third-order valence-corrected chi connectivity index (χ3v) is 4.74. The van der Waals surface area contributed by atoms with E-state index in [0.29, 0.717) is 6.54 Å². The molecule has 0 unspecified atom stereocenters. The molecule has 1 atom stereocenters. The summed E-state index contributed by atoms with van der Waals surface area (Å²) in [6.07, 6.45) is 7.97. The Bertz CT molecular complexity index is 791. The number of benzene rings is 1. The van der Waals surface area contributed by atoms with Crippen LogP contribution < -0.4 is 5.32 Å². The Morgan fingerprint density at radius 3 is 2.50 bits per heavy atom. The number of hydrogen-bond donors (Lipinski definition) is 1. The maximum absolute atomic E-state index is 12.7. The molecule has 0 bridgehead atoms. The molecule has 1 N–H and O–H groups in total. The van der Waals surface area contributed by atoms with Crippen LogP contribution in [0.5, 0.6) is 0 Å². The third kappa shape index (κ3) is 4.10. The molecule has 3 rings (SSSR count). The van der Waals surface area contributed by atoms with E-state index in [9.17, 15) is 4.79 Å². The van der Waals surface area contributed by atoms with E-state index in [-0.39, 0.29) is 17.5 Å². The molecule has 5 nitrogen and oxygen atoms in total. The van der Waals surface area contributed by atoms with Gasteiger partial charge in [0.05, 0.1) is 11.9 Å². The molecule has 2 heterocycles. The molecule has 2 aromatic rings. The molecule has 0 radical (unpaired) electrons. The highest BCUT2D eigenvalue weighted by Gasteiger charge is 2.25. The fourth-order valence-corrected chi connectivity index (χ4v) is 3.11. The quantitative estimate of drug-likeness (QED) is 0.868. The molecule has 26 heavy (non-hydrogen) atoms. The predicted octanol–water partition coefficient (Wildman–Crippen LogP) is 4.48. The van der Waals surface area contributed by atoms with E-state index >= 15 is 0 Å². The van der Waals surface area contributed by atoms with Gasteiger partial charge >= 0.3 is 6.03 Å². The Hall–Kier alpha value is -2.69. The number of carbonyl (C=O) groups is 1. The van der Waals surface area contributed by atoms with Gasteiger partial charge in [-0.15, -0.1) is 0 Å². The van der Waals surface area contributed by atoms with Crippen molar-refractivity contribution in [2.45, 2.75) is 45.6 Å². The lowest BCUT2D eigenvalue weighted by molar-refractivity contribution is 0.198. The van der Waals surface area contributed by atoms with E-state index in [1.165, 1.54) is 5.56 Å². The number of aromatic nitrogens is 2. The topological polar surface area (TPSA) is 58.1 Å². The maximum Gasteiger partial charge on any atom is 0.322 e. The zero-order valence-electron chi connectivity index (χ0n) is 15.9. The zero-order valence-corrected chi connectivity index (χ0v) is 15.9. The monoisotopic (exact) mass is 350 g/mol. The van der Waals surface area contributed by atoms with Gasteiger partial charge in [-0.3, -0.25) is 9.97 Å². The Morgan fingerprint density at radius 2 is 1.92 bits per heavy atom. The highest BCUT2D eigenvalue weighted by Crippen LogP contribution is 2.26. The lowest BCUT2D eigenvalue weighted by atomic mass is 9.87. The van der Waals surface area contributed by atoms with Crippen molar-refractivity contribution < 1.29 is 4.79 Å². The normalized spacial score (nSPS) is 17.6. The summed E-state index contributed by atoms with van der Waals surface area (Å²) >= 11 is 0. The number of nitrogens with zero attached hydrogens (tertiary/aromatic N) is 3. The van der Waals surface area contributed by atoms with Gasteiger partial charge in [-0.2, -0.15) is 0 Å². The fourth-order valence-electron chi connectivity index (χ4n) is 3.11. The second-order valence-electron chi connectivity index (χ2n) is 7.78. The first kappa shape index (κ1) is 18.1. The van der Waals surface area contributed by atoms with Crippen LogP contribution in [0.1, 0.15) is 45.4 Å². The lowest BCUT2D eigenvalue weighted by Crippen LogP contribution is -2.43. The predicted molar refractivity (Wildman–Crippen MR) is 105 cm³/mol. The lowest BCUT2D eigenvalue weighted by Gasteiger charge is -2.33. The summed E-state index contributed by atoms with van der Waals surface area (Å²) in [5.74, 6) is 0. The SMILES string of the molecule is C[C@H]1CC(c2cnccn2)=CCN1C(=O)Nc1ccc(C(C)(C)C)cc1. The number of hydrogen-bond acceptors (Lipinski definition) is 3. The molecule has 0 spiro atoms. The van der Waals surface area contributed by atoms with E-state index in [4.69, 9.17) is 0 Å². The van der Waals surface area contributed by atoms with Gasteiger partial charge in [0.2, 0.25) is 0 Å². The summed E-state index contributed by atoms with van der Waals surface area (Å²) in [7, 11) is 0. The second-order valence-corrected chi connectivity index (χ2v) is 7.78. The Morgan fingerprint density at radius 1 is 1.19 bits per heavy atom. The van der Waals surface area contributed by atoms with Crippen LogP contribution in [0.15, 0.2) is 48.9 Å². The van der Waals surface area contributed by atoms with Crippen LogP contribution in [0.25, 0.3) is 5.57 Å². The molecule has 0 saturated heterocycles. The fraction of sp³-hybridized carbons (Fsp3) is 0.381. The van der Waals surface area contributed by atoms with Gasteiger partial charge in [-0.1, -0.05) is 39.0 Å². The number of amides is 2. The summed E-state index contributed by atoms with van der Waals surface area (Å²) < 4.78 is 0. The van der Waals surface area contributed by atoms with Crippen LogP contribution in [-0.4, -0.2) is 33.5 Å². The van der Waals surface area contributed by atoms with E-state index in [2.05, 4.69) is 61.2 Å². The molecule has 136 valence electrons. The molecule has 0 saturated carbocycles. The van der Waals surface area contributed by atoms with Gasteiger partial charge in [-0.25, -0.2) is 4.79 Å². The third-order valence-electron chi connectivity index (χ3n) is 4.74. The number of nitrogens with one attached hydrogen (secondary N) is 1. The molecule has 5 heteroatoms.